The molecule has 0 nitrogen and oxygen atoms in total. The van der Waals surface area contributed by atoms with Crippen molar-refractivity contribution in [1.29, 1.82) is 0 Å². The number of thioether (sulfide) groups is 1. The molecule has 4 unspecified atom stereocenters. The summed E-state index contributed by atoms with van der Waals surface area (Å²) in [6.07, 6.45) is 1.47. The summed E-state index contributed by atoms with van der Waals surface area (Å²) in [6.45, 7) is 0. The molecule has 0 amide bonds. The SMILES string of the molecule is FC1(F)C(F)(F)C2(F)C3C=CC(S3)C2(F)C1(F)F. The Hall–Kier alpha value is -0.470. The van der Waals surface area contributed by atoms with Crippen LogP contribution >= 0.6 is 11.8 Å². The molecule has 2 aliphatic heterocycles. The number of rotatable bonds is 0. The van der Waals surface area contributed by atoms with Gasteiger partial charge in [0.05, 0.1) is 10.5 Å². The lowest BCUT2D eigenvalue weighted by Gasteiger charge is -2.35. The second kappa shape index (κ2) is 2.69. The van der Waals surface area contributed by atoms with E-state index in [4.69, 9.17) is 0 Å². The van der Waals surface area contributed by atoms with Gasteiger partial charge in [0.2, 0.25) is 11.3 Å². The van der Waals surface area contributed by atoms with Gasteiger partial charge in [-0.15, -0.1) is 11.8 Å². The highest BCUT2D eigenvalue weighted by molar-refractivity contribution is 8.01. The molecule has 2 bridgehead atoms. The first-order valence-electron chi connectivity index (χ1n) is 4.81. The fraction of sp³-hybridized carbons (Fsp3) is 0.778. The molecule has 0 aromatic rings. The van der Waals surface area contributed by atoms with Crippen molar-refractivity contribution in [1.82, 2.24) is 0 Å². The van der Waals surface area contributed by atoms with Crippen molar-refractivity contribution in [2.24, 2.45) is 0 Å². The second-order valence-corrected chi connectivity index (χ2v) is 5.80. The van der Waals surface area contributed by atoms with E-state index in [9.17, 15) is 35.1 Å². The van der Waals surface area contributed by atoms with Gasteiger partial charge in [-0.2, -0.15) is 26.3 Å². The first-order valence-corrected chi connectivity index (χ1v) is 5.75. The summed E-state index contributed by atoms with van der Waals surface area (Å²) in [5, 5.41) is -4.08. The first kappa shape index (κ1) is 12.6. The molecule has 102 valence electrons. The van der Waals surface area contributed by atoms with Gasteiger partial charge in [-0.3, -0.25) is 0 Å². The molecule has 9 heteroatoms. The minimum atomic E-state index is -6.06. The molecule has 1 saturated carbocycles. The van der Waals surface area contributed by atoms with Crippen molar-refractivity contribution in [3.05, 3.63) is 12.2 Å². The maximum atomic E-state index is 14.2. The predicted octanol–water partition coefficient (Wildman–Crippen LogP) is 3.38. The number of fused-ring (bicyclic) bond motifs is 5. The van der Waals surface area contributed by atoms with Crippen molar-refractivity contribution in [2.45, 2.75) is 39.6 Å². The van der Waals surface area contributed by atoms with Crippen LogP contribution in [0.4, 0.5) is 35.1 Å². The Morgan fingerprint density at radius 3 is 1.28 bits per heavy atom. The van der Waals surface area contributed by atoms with Crippen LogP contribution < -0.4 is 0 Å². The molecule has 0 N–H and O–H groups in total. The minimum absolute atomic E-state index is 0.172. The van der Waals surface area contributed by atoms with Crippen LogP contribution in [0.2, 0.25) is 0 Å². The molecule has 0 aromatic heterocycles. The molecular weight excluding hydrogens is 292 g/mol. The Labute approximate surface area is 99.4 Å². The smallest absolute Gasteiger partial charge is 0.231 e. The van der Waals surface area contributed by atoms with E-state index in [2.05, 4.69) is 0 Å². The average molecular weight is 296 g/mol. The zero-order chi connectivity index (χ0) is 13.8. The van der Waals surface area contributed by atoms with Gasteiger partial charge in [0.1, 0.15) is 0 Å². The fourth-order valence-corrected chi connectivity index (χ4v) is 4.48. The van der Waals surface area contributed by atoms with E-state index in [1.165, 1.54) is 0 Å². The summed E-state index contributed by atoms with van der Waals surface area (Å²) >= 11 is 0.172. The lowest BCUT2D eigenvalue weighted by molar-refractivity contribution is -0.292. The lowest BCUT2D eigenvalue weighted by Crippen LogP contribution is -2.62. The maximum Gasteiger partial charge on any atom is 0.378 e. The molecule has 1 aliphatic carbocycles. The summed E-state index contributed by atoms with van der Waals surface area (Å²) in [4.78, 5) is 0. The highest BCUT2D eigenvalue weighted by atomic mass is 32.2. The van der Waals surface area contributed by atoms with Crippen molar-refractivity contribution < 1.29 is 35.1 Å². The predicted molar refractivity (Wildman–Crippen MR) is 46.8 cm³/mol. The van der Waals surface area contributed by atoms with E-state index < -0.39 is 39.6 Å². The number of hydrogen-bond donors (Lipinski definition) is 0. The van der Waals surface area contributed by atoms with Crippen LogP contribution in [0.3, 0.4) is 0 Å². The molecule has 18 heavy (non-hydrogen) atoms. The van der Waals surface area contributed by atoms with Crippen molar-refractivity contribution in [3.8, 4) is 0 Å². The van der Waals surface area contributed by atoms with Gasteiger partial charge in [0.25, 0.3) is 0 Å². The van der Waals surface area contributed by atoms with E-state index in [1.54, 1.807) is 0 Å². The summed E-state index contributed by atoms with van der Waals surface area (Å²) < 4.78 is 108. The van der Waals surface area contributed by atoms with Crippen LogP contribution in [-0.4, -0.2) is 39.6 Å². The largest absolute Gasteiger partial charge is 0.378 e. The molecule has 0 aromatic carbocycles. The van der Waals surface area contributed by atoms with Crippen LogP contribution in [0.25, 0.3) is 0 Å². The number of alkyl halides is 8. The van der Waals surface area contributed by atoms with Crippen molar-refractivity contribution in [3.63, 3.8) is 0 Å². The Balaban J connectivity index is 2.35. The summed E-state index contributed by atoms with van der Waals surface area (Å²) in [6, 6.07) is 0. The van der Waals surface area contributed by atoms with Gasteiger partial charge in [0.15, 0.2) is 0 Å². The van der Waals surface area contributed by atoms with Crippen LogP contribution in [0.1, 0.15) is 0 Å². The zero-order valence-corrected chi connectivity index (χ0v) is 9.06. The second-order valence-electron chi connectivity index (χ2n) is 4.51. The van der Waals surface area contributed by atoms with Gasteiger partial charge < -0.3 is 0 Å². The van der Waals surface area contributed by atoms with Crippen LogP contribution in [-0.2, 0) is 0 Å². The van der Waals surface area contributed by atoms with Gasteiger partial charge in [-0.05, 0) is 0 Å². The molecule has 0 spiro atoms. The lowest BCUT2D eigenvalue weighted by atomic mass is 9.78. The quantitative estimate of drug-likeness (QED) is 0.488. The van der Waals surface area contributed by atoms with Crippen molar-refractivity contribution >= 4 is 11.8 Å². The van der Waals surface area contributed by atoms with E-state index in [0.29, 0.717) is 0 Å². The van der Waals surface area contributed by atoms with E-state index in [0.717, 1.165) is 12.2 Å². The molecule has 0 radical (unpaired) electrons. The van der Waals surface area contributed by atoms with Gasteiger partial charge in [-0.25, -0.2) is 8.78 Å². The molecule has 3 rings (SSSR count). The summed E-state index contributed by atoms with van der Waals surface area (Å²) in [7, 11) is 0. The molecule has 3 aliphatic rings. The Bertz CT molecular complexity index is 421. The molecule has 4 atom stereocenters. The normalized spacial score (nSPS) is 53.8. The average Bonchev–Trinajstić information content (AvgIpc) is 2.82. The Morgan fingerprint density at radius 2 is 0.944 bits per heavy atom. The summed E-state index contributed by atoms with van der Waals surface area (Å²) in [5.74, 6) is -17.6. The standard InChI is InChI=1S/C9H4F8S/c10-5-3-1-2-4(18-3)6(5,11)8(14,15)9(16,17)7(5,12)13/h1-4H. The fourth-order valence-electron chi connectivity index (χ4n) is 2.79. The van der Waals surface area contributed by atoms with E-state index in [-0.39, 0.29) is 11.8 Å². The monoisotopic (exact) mass is 296 g/mol. The number of halogens is 8. The highest BCUT2D eigenvalue weighted by Gasteiger charge is 3.03. The van der Waals surface area contributed by atoms with E-state index in [1.807, 2.05) is 0 Å². The van der Waals surface area contributed by atoms with Crippen LogP contribution in [0.15, 0.2) is 12.2 Å². The summed E-state index contributed by atoms with van der Waals surface area (Å²) in [5.41, 5.74) is -9.20. The molecule has 2 fully saturated rings. The van der Waals surface area contributed by atoms with Crippen LogP contribution in [0, 0.1) is 0 Å². The van der Waals surface area contributed by atoms with E-state index >= 15 is 0 Å². The van der Waals surface area contributed by atoms with Crippen molar-refractivity contribution in [2.75, 3.05) is 0 Å². The third-order valence-corrected chi connectivity index (χ3v) is 5.32. The maximum absolute atomic E-state index is 14.2. The van der Waals surface area contributed by atoms with Gasteiger partial charge >= 0.3 is 17.8 Å². The molecular formula is C9H4F8S. The molecule has 1 saturated heterocycles. The Kier molecular flexibility index (Phi) is 1.87. The van der Waals surface area contributed by atoms with Gasteiger partial charge in [-0.1, -0.05) is 12.2 Å². The Morgan fingerprint density at radius 1 is 0.611 bits per heavy atom. The molecule has 2 heterocycles. The number of hydrogen-bond acceptors (Lipinski definition) is 1. The van der Waals surface area contributed by atoms with Gasteiger partial charge in [0, 0.05) is 0 Å². The van der Waals surface area contributed by atoms with Crippen LogP contribution in [0.5, 0.6) is 0 Å². The zero-order valence-electron chi connectivity index (χ0n) is 8.24. The third kappa shape index (κ3) is 0.764. The topological polar surface area (TPSA) is 0 Å². The minimum Gasteiger partial charge on any atom is -0.231 e. The first-order chi connectivity index (χ1) is 7.96. The highest BCUT2D eigenvalue weighted by Crippen LogP contribution is 2.77. The third-order valence-electron chi connectivity index (χ3n) is 3.77.